The van der Waals surface area contributed by atoms with Gasteiger partial charge in [-0.05, 0) is 67.3 Å². The molecule has 5 aromatic rings. The lowest BCUT2D eigenvalue weighted by Gasteiger charge is -2.14. The van der Waals surface area contributed by atoms with Crippen molar-refractivity contribution in [3.05, 3.63) is 84.1 Å². The SMILES string of the molecule is CCOC(=O)c1cn2cccc(NC(=O)COc3nn(Cc4ccc(F)cc4)c4ccc(NC(=O)C(N)CC(C)C)cc34)c2n1. The molecular weight excluding hydrogens is 581 g/mol. The molecule has 0 fully saturated rings. The fraction of sp³-hybridized carbons (Fsp3) is 0.281. The highest BCUT2D eigenvalue weighted by molar-refractivity contribution is 5.98. The Balaban J connectivity index is 1.37. The van der Waals surface area contributed by atoms with Crippen molar-refractivity contribution in [1.29, 1.82) is 0 Å². The van der Waals surface area contributed by atoms with Crippen LogP contribution in [0.25, 0.3) is 16.6 Å². The molecule has 0 aliphatic carbocycles. The van der Waals surface area contributed by atoms with Gasteiger partial charge in [0.2, 0.25) is 11.8 Å². The Morgan fingerprint density at radius 2 is 1.84 bits per heavy atom. The van der Waals surface area contributed by atoms with E-state index in [0.29, 0.717) is 40.9 Å². The van der Waals surface area contributed by atoms with Gasteiger partial charge in [-0.3, -0.25) is 14.3 Å². The van der Waals surface area contributed by atoms with E-state index < -0.39 is 24.5 Å². The second-order valence-electron chi connectivity index (χ2n) is 10.9. The molecule has 0 saturated heterocycles. The summed E-state index contributed by atoms with van der Waals surface area (Å²) in [5.41, 5.74) is 8.88. The monoisotopic (exact) mass is 615 g/mol. The van der Waals surface area contributed by atoms with Crippen molar-refractivity contribution < 1.29 is 28.2 Å². The van der Waals surface area contributed by atoms with E-state index in [9.17, 15) is 18.8 Å². The summed E-state index contributed by atoms with van der Waals surface area (Å²) < 4.78 is 27.7. The minimum Gasteiger partial charge on any atom is -0.466 e. The summed E-state index contributed by atoms with van der Waals surface area (Å²) in [6.07, 6.45) is 3.75. The molecule has 234 valence electrons. The van der Waals surface area contributed by atoms with Crippen LogP contribution in [0.15, 0.2) is 67.0 Å². The smallest absolute Gasteiger partial charge is 0.358 e. The van der Waals surface area contributed by atoms with Crippen LogP contribution in [-0.4, -0.2) is 56.2 Å². The van der Waals surface area contributed by atoms with Crippen molar-refractivity contribution >= 4 is 45.7 Å². The zero-order valence-electron chi connectivity index (χ0n) is 25.1. The van der Waals surface area contributed by atoms with Crippen LogP contribution < -0.4 is 21.1 Å². The molecule has 2 aromatic carbocycles. The second-order valence-corrected chi connectivity index (χ2v) is 10.9. The molecule has 0 spiro atoms. The minimum atomic E-state index is -0.672. The van der Waals surface area contributed by atoms with E-state index in [4.69, 9.17) is 15.2 Å². The molecule has 3 heterocycles. The normalized spacial score (nSPS) is 12.0. The van der Waals surface area contributed by atoms with Gasteiger partial charge in [-0.25, -0.2) is 14.2 Å². The van der Waals surface area contributed by atoms with Crippen LogP contribution in [0.3, 0.4) is 0 Å². The third kappa shape index (κ3) is 7.44. The summed E-state index contributed by atoms with van der Waals surface area (Å²) in [5, 5.41) is 10.7. The molecular formula is C32H34FN7O5. The number of nitrogens with zero attached hydrogens (tertiary/aromatic N) is 4. The number of ether oxygens (including phenoxy) is 2. The van der Waals surface area contributed by atoms with E-state index in [1.165, 1.54) is 18.3 Å². The van der Waals surface area contributed by atoms with Crippen LogP contribution in [0.4, 0.5) is 15.8 Å². The molecule has 1 atom stereocenters. The highest BCUT2D eigenvalue weighted by atomic mass is 19.1. The number of imidazole rings is 1. The third-order valence-electron chi connectivity index (χ3n) is 6.87. The van der Waals surface area contributed by atoms with Crippen molar-refractivity contribution in [1.82, 2.24) is 19.2 Å². The zero-order valence-corrected chi connectivity index (χ0v) is 25.1. The van der Waals surface area contributed by atoms with Gasteiger partial charge in [-0.2, -0.15) is 0 Å². The molecule has 0 radical (unpaired) electrons. The summed E-state index contributed by atoms with van der Waals surface area (Å²) in [5.74, 6) is -1.31. The predicted octanol–water partition coefficient (Wildman–Crippen LogP) is 4.38. The maximum atomic E-state index is 13.5. The fourth-order valence-electron chi connectivity index (χ4n) is 4.80. The number of aromatic nitrogens is 4. The lowest BCUT2D eigenvalue weighted by molar-refractivity contribution is -0.118. The van der Waals surface area contributed by atoms with Gasteiger partial charge in [0.05, 0.1) is 35.8 Å². The average Bonchev–Trinajstić information content (AvgIpc) is 3.59. The van der Waals surface area contributed by atoms with Crippen molar-refractivity contribution in [2.24, 2.45) is 11.7 Å². The molecule has 5 rings (SSSR count). The highest BCUT2D eigenvalue weighted by Crippen LogP contribution is 2.29. The Bertz CT molecular complexity index is 1850. The summed E-state index contributed by atoms with van der Waals surface area (Å²) in [4.78, 5) is 42.1. The summed E-state index contributed by atoms with van der Waals surface area (Å²) in [7, 11) is 0. The van der Waals surface area contributed by atoms with Gasteiger partial charge < -0.3 is 30.2 Å². The number of pyridine rings is 1. The van der Waals surface area contributed by atoms with Gasteiger partial charge in [0.15, 0.2) is 17.9 Å². The maximum absolute atomic E-state index is 13.5. The van der Waals surface area contributed by atoms with E-state index in [1.807, 2.05) is 13.8 Å². The standard InChI is InChI=1S/C32H34FN7O5/c1-4-44-32(43)26-17-39-13-5-6-25(29(39)37-26)36-28(41)18-45-31-23-15-22(35-30(42)24(34)14-19(2)3)11-12-27(23)40(38-31)16-20-7-9-21(33)10-8-20/h5-13,15,17,19,24H,4,14,16,18,34H2,1-3H3,(H,35,42)(H,36,41). The van der Waals surface area contributed by atoms with Crippen LogP contribution in [0.5, 0.6) is 5.88 Å². The summed E-state index contributed by atoms with van der Waals surface area (Å²) in [6.45, 7) is 5.80. The van der Waals surface area contributed by atoms with Crippen LogP contribution in [-0.2, 0) is 20.9 Å². The lowest BCUT2D eigenvalue weighted by Crippen LogP contribution is -2.36. The molecule has 3 aromatic heterocycles. The first-order chi connectivity index (χ1) is 21.6. The topological polar surface area (TPSA) is 155 Å². The predicted molar refractivity (Wildman–Crippen MR) is 167 cm³/mol. The number of rotatable bonds is 12. The van der Waals surface area contributed by atoms with Gasteiger partial charge in [0.1, 0.15) is 5.82 Å². The Kier molecular flexibility index (Phi) is 9.38. The number of halogens is 1. The van der Waals surface area contributed by atoms with Crippen molar-refractivity contribution in [3.8, 4) is 5.88 Å². The Morgan fingerprint density at radius 3 is 2.58 bits per heavy atom. The number of esters is 1. The Hall–Kier alpha value is -5.30. The number of nitrogens with one attached hydrogen (secondary N) is 2. The molecule has 2 amide bonds. The van der Waals surface area contributed by atoms with Crippen molar-refractivity contribution in [3.63, 3.8) is 0 Å². The van der Waals surface area contributed by atoms with Crippen LogP contribution in [0.2, 0.25) is 0 Å². The fourth-order valence-corrected chi connectivity index (χ4v) is 4.80. The van der Waals surface area contributed by atoms with Crippen LogP contribution in [0, 0.1) is 11.7 Å². The molecule has 0 bridgehead atoms. The van der Waals surface area contributed by atoms with Crippen molar-refractivity contribution in [2.45, 2.75) is 39.8 Å². The number of hydrogen-bond donors (Lipinski definition) is 3. The number of carbonyl (C=O) groups is 3. The number of anilines is 2. The van der Waals surface area contributed by atoms with Crippen LogP contribution >= 0.6 is 0 Å². The third-order valence-corrected chi connectivity index (χ3v) is 6.87. The molecule has 0 aliphatic rings. The molecule has 13 heteroatoms. The highest BCUT2D eigenvalue weighted by Gasteiger charge is 2.19. The first-order valence-electron chi connectivity index (χ1n) is 14.5. The van der Waals surface area contributed by atoms with Gasteiger partial charge in [-0.15, -0.1) is 5.10 Å². The quantitative estimate of drug-likeness (QED) is 0.175. The summed E-state index contributed by atoms with van der Waals surface area (Å²) in [6, 6.07) is 14.0. The molecule has 12 nitrogen and oxygen atoms in total. The number of nitrogens with two attached hydrogens (primary N) is 1. The maximum Gasteiger partial charge on any atom is 0.358 e. The molecule has 0 aliphatic heterocycles. The second kappa shape index (κ2) is 13.6. The average molecular weight is 616 g/mol. The zero-order chi connectivity index (χ0) is 32.1. The first-order valence-corrected chi connectivity index (χ1v) is 14.5. The molecule has 1 unspecified atom stereocenters. The molecule has 45 heavy (non-hydrogen) atoms. The largest absolute Gasteiger partial charge is 0.466 e. The molecule has 4 N–H and O–H groups in total. The van der Waals surface area contributed by atoms with Gasteiger partial charge in [0, 0.05) is 18.1 Å². The van der Waals surface area contributed by atoms with E-state index in [1.54, 1.807) is 64.7 Å². The van der Waals surface area contributed by atoms with E-state index >= 15 is 0 Å². The van der Waals surface area contributed by atoms with Crippen LogP contribution in [0.1, 0.15) is 43.2 Å². The number of fused-ring (bicyclic) bond motifs is 2. The van der Waals surface area contributed by atoms with E-state index in [0.717, 1.165) is 5.56 Å². The van der Waals surface area contributed by atoms with Gasteiger partial charge in [-0.1, -0.05) is 26.0 Å². The minimum absolute atomic E-state index is 0.112. The summed E-state index contributed by atoms with van der Waals surface area (Å²) >= 11 is 0. The van der Waals surface area contributed by atoms with E-state index in [2.05, 4.69) is 20.7 Å². The number of benzene rings is 2. The molecule has 0 saturated carbocycles. The van der Waals surface area contributed by atoms with Gasteiger partial charge >= 0.3 is 5.97 Å². The Morgan fingerprint density at radius 1 is 1.07 bits per heavy atom. The number of hydrogen-bond acceptors (Lipinski definition) is 8. The van der Waals surface area contributed by atoms with E-state index in [-0.39, 0.29) is 35.8 Å². The Labute approximate surface area is 258 Å². The van der Waals surface area contributed by atoms with Gasteiger partial charge in [0.25, 0.3) is 5.91 Å². The van der Waals surface area contributed by atoms with Crippen molar-refractivity contribution in [2.75, 3.05) is 23.8 Å². The lowest BCUT2D eigenvalue weighted by atomic mass is 10.0. The number of amides is 2. The number of carbonyl (C=O) groups excluding carboxylic acids is 3. The first kappa shape index (κ1) is 31.1.